The number of rotatable bonds is 0. The first-order valence-corrected chi connectivity index (χ1v) is 4.00. The molecular formula is C9H10N2O. The molecule has 0 atom stereocenters. The van der Waals surface area contributed by atoms with Gasteiger partial charge in [-0.3, -0.25) is 9.78 Å². The standard InChI is InChI=1S/C9H10N2O/c1-7(12)11-5-3-8-2-4-10-6-9(8)11/h2,4,6H,3,5H2,1H3. The molecule has 3 nitrogen and oxygen atoms in total. The Labute approximate surface area is 71.0 Å². The van der Waals surface area contributed by atoms with Gasteiger partial charge in [0, 0.05) is 19.7 Å². The van der Waals surface area contributed by atoms with Crippen LogP contribution in [0.3, 0.4) is 0 Å². The molecule has 1 aliphatic rings. The van der Waals surface area contributed by atoms with Crippen LogP contribution in [0.25, 0.3) is 0 Å². The van der Waals surface area contributed by atoms with Gasteiger partial charge in [-0.2, -0.15) is 0 Å². The molecule has 1 aromatic rings. The monoisotopic (exact) mass is 162 g/mol. The molecule has 2 rings (SSSR count). The zero-order valence-electron chi connectivity index (χ0n) is 6.95. The maximum Gasteiger partial charge on any atom is 0.223 e. The molecule has 12 heavy (non-hydrogen) atoms. The summed E-state index contributed by atoms with van der Waals surface area (Å²) in [6.45, 7) is 2.39. The molecule has 62 valence electrons. The first-order valence-electron chi connectivity index (χ1n) is 4.00. The number of pyridine rings is 1. The van der Waals surface area contributed by atoms with Gasteiger partial charge >= 0.3 is 0 Å². The lowest BCUT2D eigenvalue weighted by Crippen LogP contribution is -2.25. The van der Waals surface area contributed by atoms with Crippen LogP contribution in [-0.2, 0) is 11.2 Å². The topological polar surface area (TPSA) is 33.2 Å². The number of amides is 1. The van der Waals surface area contributed by atoms with Crippen LogP contribution in [0.5, 0.6) is 0 Å². The second-order valence-corrected chi connectivity index (χ2v) is 2.93. The molecule has 0 N–H and O–H groups in total. The smallest absolute Gasteiger partial charge is 0.223 e. The normalized spacial score (nSPS) is 14.6. The van der Waals surface area contributed by atoms with Crippen LogP contribution >= 0.6 is 0 Å². The first kappa shape index (κ1) is 7.28. The summed E-state index contributed by atoms with van der Waals surface area (Å²) < 4.78 is 0. The van der Waals surface area contributed by atoms with Crippen molar-refractivity contribution in [2.75, 3.05) is 11.4 Å². The maximum atomic E-state index is 11.1. The third-order valence-electron chi connectivity index (χ3n) is 2.16. The average molecular weight is 162 g/mol. The number of fused-ring (bicyclic) bond motifs is 1. The van der Waals surface area contributed by atoms with Crippen molar-refractivity contribution in [2.24, 2.45) is 0 Å². The fourth-order valence-corrected chi connectivity index (χ4v) is 1.55. The van der Waals surface area contributed by atoms with Gasteiger partial charge in [0.2, 0.25) is 5.91 Å². The minimum atomic E-state index is 0.0988. The lowest BCUT2D eigenvalue weighted by atomic mass is 10.2. The number of hydrogen-bond donors (Lipinski definition) is 0. The van der Waals surface area contributed by atoms with E-state index in [1.807, 2.05) is 6.07 Å². The van der Waals surface area contributed by atoms with E-state index in [1.54, 1.807) is 24.2 Å². The predicted octanol–water partition coefficient (Wildman–Crippen LogP) is 0.991. The Morgan fingerprint density at radius 2 is 2.50 bits per heavy atom. The van der Waals surface area contributed by atoms with E-state index in [9.17, 15) is 4.79 Å². The Bertz CT molecular complexity index is 322. The Kier molecular flexibility index (Phi) is 1.57. The van der Waals surface area contributed by atoms with Crippen molar-refractivity contribution in [3.05, 3.63) is 24.0 Å². The molecule has 1 aliphatic heterocycles. The average Bonchev–Trinajstić information content (AvgIpc) is 2.47. The highest BCUT2D eigenvalue weighted by atomic mass is 16.2. The lowest BCUT2D eigenvalue weighted by molar-refractivity contribution is -0.116. The number of carbonyl (C=O) groups excluding carboxylic acids is 1. The molecule has 0 spiro atoms. The van der Waals surface area contributed by atoms with Crippen molar-refractivity contribution in [2.45, 2.75) is 13.3 Å². The number of carbonyl (C=O) groups is 1. The number of anilines is 1. The summed E-state index contributed by atoms with van der Waals surface area (Å²) in [6, 6.07) is 1.97. The minimum Gasteiger partial charge on any atom is -0.311 e. The van der Waals surface area contributed by atoms with Gasteiger partial charge in [0.25, 0.3) is 0 Å². The van der Waals surface area contributed by atoms with E-state index in [2.05, 4.69) is 4.98 Å². The molecule has 0 saturated carbocycles. The molecule has 0 fully saturated rings. The maximum absolute atomic E-state index is 11.1. The highest BCUT2D eigenvalue weighted by Crippen LogP contribution is 2.25. The molecule has 0 radical (unpaired) electrons. The van der Waals surface area contributed by atoms with E-state index in [0.717, 1.165) is 18.7 Å². The molecular weight excluding hydrogens is 152 g/mol. The quantitative estimate of drug-likeness (QED) is 0.570. The van der Waals surface area contributed by atoms with Crippen LogP contribution in [-0.4, -0.2) is 17.4 Å². The minimum absolute atomic E-state index is 0.0988. The molecule has 1 aromatic heterocycles. The summed E-state index contributed by atoms with van der Waals surface area (Å²) in [5.41, 5.74) is 2.20. The Morgan fingerprint density at radius 1 is 1.67 bits per heavy atom. The third kappa shape index (κ3) is 0.978. The predicted molar refractivity (Wildman–Crippen MR) is 46.0 cm³/mol. The summed E-state index contributed by atoms with van der Waals surface area (Å²) in [5.74, 6) is 0.0988. The SMILES string of the molecule is CC(=O)N1CCc2ccncc21. The molecule has 3 heteroatoms. The summed E-state index contributed by atoms with van der Waals surface area (Å²) in [4.78, 5) is 16.9. The van der Waals surface area contributed by atoms with E-state index < -0.39 is 0 Å². The van der Waals surface area contributed by atoms with Crippen LogP contribution < -0.4 is 4.90 Å². The summed E-state index contributed by atoms with van der Waals surface area (Å²) in [7, 11) is 0. The molecule has 0 bridgehead atoms. The summed E-state index contributed by atoms with van der Waals surface area (Å²) >= 11 is 0. The van der Waals surface area contributed by atoms with E-state index >= 15 is 0 Å². The van der Waals surface area contributed by atoms with Gasteiger partial charge in [0.1, 0.15) is 0 Å². The van der Waals surface area contributed by atoms with Crippen LogP contribution in [0.1, 0.15) is 12.5 Å². The fraction of sp³-hybridized carbons (Fsp3) is 0.333. The van der Waals surface area contributed by atoms with Crippen LogP contribution in [0.4, 0.5) is 5.69 Å². The van der Waals surface area contributed by atoms with E-state index in [1.165, 1.54) is 5.56 Å². The molecule has 1 amide bonds. The van der Waals surface area contributed by atoms with Crippen LogP contribution in [0, 0.1) is 0 Å². The molecule has 0 aromatic carbocycles. The molecule has 0 unspecified atom stereocenters. The van der Waals surface area contributed by atoms with Crippen LogP contribution in [0.15, 0.2) is 18.5 Å². The van der Waals surface area contributed by atoms with Crippen molar-refractivity contribution in [3.8, 4) is 0 Å². The summed E-state index contributed by atoms with van der Waals surface area (Å²) in [5, 5.41) is 0. The van der Waals surface area contributed by atoms with Gasteiger partial charge in [-0.25, -0.2) is 0 Å². The van der Waals surface area contributed by atoms with Crippen molar-refractivity contribution in [1.29, 1.82) is 0 Å². The molecule has 2 heterocycles. The summed E-state index contributed by atoms with van der Waals surface area (Å²) in [6.07, 6.45) is 4.48. The van der Waals surface area contributed by atoms with Crippen molar-refractivity contribution in [3.63, 3.8) is 0 Å². The van der Waals surface area contributed by atoms with E-state index in [-0.39, 0.29) is 5.91 Å². The molecule has 0 saturated heterocycles. The fourth-order valence-electron chi connectivity index (χ4n) is 1.55. The second-order valence-electron chi connectivity index (χ2n) is 2.93. The zero-order chi connectivity index (χ0) is 8.55. The van der Waals surface area contributed by atoms with Crippen molar-refractivity contribution in [1.82, 2.24) is 4.98 Å². The van der Waals surface area contributed by atoms with Gasteiger partial charge in [-0.15, -0.1) is 0 Å². The van der Waals surface area contributed by atoms with Gasteiger partial charge in [0.15, 0.2) is 0 Å². The van der Waals surface area contributed by atoms with Gasteiger partial charge in [-0.05, 0) is 18.1 Å². The van der Waals surface area contributed by atoms with Crippen molar-refractivity contribution < 1.29 is 4.79 Å². The highest BCUT2D eigenvalue weighted by Gasteiger charge is 2.21. The Balaban J connectivity index is 2.42. The Hall–Kier alpha value is -1.38. The second kappa shape index (κ2) is 2.59. The van der Waals surface area contributed by atoms with E-state index in [0.29, 0.717) is 0 Å². The number of aromatic nitrogens is 1. The van der Waals surface area contributed by atoms with Gasteiger partial charge < -0.3 is 4.90 Å². The number of hydrogen-bond acceptors (Lipinski definition) is 2. The highest BCUT2D eigenvalue weighted by molar-refractivity contribution is 5.93. The third-order valence-corrected chi connectivity index (χ3v) is 2.16. The largest absolute Gasteiger partial charge is 0.311 e. The van der Waals surface area contributed by atoms with Crippen molar-refractivity contribution >= 4 is 11.6 Å². The lowest BCUT2D eigenvalue weighted by Gasteiger charge is -2.13. The van der Waals surface area contributed by atoms with E-state index in [4.69, 9.17) is 0 Å². The number of nitrogens with zero attached hydrogens (tertiary/aromatic N) is 2. The van der Waals surface area contributed by atoms with Gasteiger partial charge in [-0.1, -0.05) is 0 Å². The first-order chi connectivity index (χ1) is 5.79. The molecule has 0 aliphatic carbocycles. The van der Waals surface area contributed by atoms with Crippen LogP contribution in [0.2, 0.25) is 0 Å². The van der Waals surface area contributed by atoms with Gasteiger partial charge in [0.05, 0.1) is 11.9 Å². The Morgan fingerprint density at radius 3 is 3.25 bits per heavy atom. The zero-order valence-corrected chi connectivity index (χ0v) is 6.95.